The van der Waals surface area contributed by atoms with Crippen LogP contribution in [-0.2, 0) is 13.1 Å². The zero-order chi connectivity index (χ0) is 15.4. The molecule has 0 unspecified atom stereocenters. The number of allylic oxidation sites excluding steroid dienone is 1. The van der Waals surface area contributed by atoms with Gasteiger partial charge in [-0.3, -0.25) is 0 Å². The van der Waals surface area contributed by atoms with Gasteiger partial charge >= 0.3 is 0 Å². The SMILES string of the molecule is C=C(C)CCn1c(C)c(C)c2cc(CNCCC)ccc21. The van der Waals surface area contributed by atoms with Gasteiger partial charge in [0.25, 0.3) is 0 Å². The molecule has 0 aliphatic carbocycles. The van der Waals surface area contributed by atoms with Gasteiger partial charge in [-0.05, 0) is 63.4 Å². The fourth-order valence-corrected chi connectivity index (χ4v) is 2.81. The molecule has 0 saturated carbocycles. The van der Waals surface area contributed by atoms with Crippen molar-refractivity contribution in [3.05, 3.63) is 47.2 Å². The van der Waals surface area contributed by atoms with Crippen LogP contribution in [0.15, 0.2) is 30.4 Å². The lowest BCUT2D eigenvalue weighted by atomic mass is 10.1. The van der Waals surface area contributed by atoms with Crippen LogP contribution in [0.3, 0.4) is 0 Å². The molecule has 1 N–H and O–H groups in total. The van der Waals surface area contributed by atoms with Crippen LogP contribution in [-0.4, -0.2) is 11.1 Å². The normalized spacial score (nSPS) is 11.2. The number of hydrogen-bond acceptors (Lipinski definition) is 1. The van der Waals surface area contributed by atoms with E-state index in [4.69, 9.17) is 0 Å². The Labute approximate surface area is 128 Å². The third kappa shape index (κ3) is 3.56. The summed E-state index contributed by atoms with van der Waals surface area (Å²) in [6.45, 7) is 15.8. The largest absolute Gasteiger partial charge is 0.344 e. The number of benzene rings is 1. The third-order valence-corrected chi connectivity index (χ3v) is 4.22. The van der Waals surface area contributed by atoms with E-state index in [2.05, 4.69) is 62.4 Å². The highest BCUT2D eigenvalue weighted by atomic mass is 15.0. The molecule has 2 rings (SSSR count). The molecule has 2 aromatic rings. The van der Waals surface area contributed by atoms with Crippen molar-refractivity contribution in [3.63, 3.8) is 0 Å². The zero-order valence-corrected chi connectivity index (χ0v) is 13.9. The Bertz CT molecular complexity index is 635. The molecule has 0 saturated heterocycles. The molecule has 0 amide bonds. The van der Waals surface area contributed by atoms with E-state index in [0.717, 1.165) is 26.1 Å². The summed E-state index contributed by atoms with van der Waals surface area (Å²) in [5.74, 6) is 0. The van der Waals surface area contributed by atoms with E-state index in [-0.39, 0.29) is 0 Å². The maximum Gasteiger partial charge on any atom is 0.0485 e. The first-order valence-corrected chi connectivity index (χ1v) is 7.98. The second-order valence-corrected chi connectivity index (χ2v) is 6.10. The van der Waals surface area contributed by atoms with E-state index >= 15 is 0 Å². The number of aryl methyl sites for hydroxylation is 2. The molecule has 1 aromatic carbocycles. The van der Waals surface area contributed by atoms with Crippen molar-refractivity contribution in [2.75, 3.05) is 6.54 Å². The standard InChI is InChI=1S/C19H28N2/c1-6-10-20-13-17-7-8-19-18(12-17)15(4)16(5)21(19)11-9-14(2)3/h7-8,12,20H,2,6,9-11,13H2,1,3-5H3. The summed E-state index contributed by atoms with van der Waals surface area (Å²) >= 11 is 0. The summed E-state index contributed by atoms with van der Waals surface area (Å²) in [5, 5.41) is 4.87. The van der Waals surface area contributed by atoms with Crippen LogP contribution in [0.4, 0.5) is 0 Å². The van der Waals surface area contributed by atoms with E-state index in [9.17, 15) is 0 Å². The molecule has 21 heavy (non-hydrogen) atoms. The van der Waals surface area contributed by atoms with Crippen molar-refractivity contribution < 1.29 is 0 Å². The van der Waals surface area contributed by atoms with Gasteiger partial charge in [0, 0.05) is 29.7 Å². The van der Waals surface area contributed by atoms with Crippen molar-refractivity contribution in [2.24, 2.45) is 0 Å². The topological polar surface area (TPSA) is 17.0 Å². The first kappa shape index (κ1) is 15.8. The summed E-state index contributed by atoms with van der Waals surface area (Å²) in [6.07, 6.45) is 2.22. The molecule has 0 bridgehead atoms. The minimum Gasteiger partial charge on any atom is -0.344 e. The third-order valence-electron chi connectivity index (χ3n) is 4.22. The van der Waals surface area contributed by atoms with E-state index in [1.807, 2.05) is 0 Å². The van der Waals surface area contributed by atoms with Gasteiger partial charge < -0.3 is 9.88 Å². The summed E-state index contributed by atoms with van der Waals surface area (Å²) in [6, 6.07) is 6.87. The van der Waals surface area contributed by atoms with E-state index in [0.29, 0.717) is 0 Å². The molecule has 2 heteroatoms. The Kier molecular flexibility index (Phi) is 5.24. The average molecular weight is 284 g/mol. The smallest absolute Gasteiger partial charge is 0.0485 e. The summed E-state index contributed by atoms with van der Waals surface area (Å²) < 4.78 is 2.43. The van der Waals surface area contributed by atoms with E-state index in [1.54, 1.807) is 0 Å². The summed E-state index contributed by atoms with van der Waals surface area (Å²) in [4.78, 5) is 0. The number of rotatable bonds is 7. The number of hydrogen-bond donors (Lipinski definition) is 1. The number of aromatic nitrogens is 1. The quantitative estimate of drug-likeness (QED) is 0.575. The molecule has 0 atom stereocenters. The molecule has 0 aliphatic heterocycles. The van der Waals surface area contributed by atoms with Gasteiger partial charge in [0.05, 0.1) is 0 Å². The van der Waals surface area contributed by atoms with Crippen LogP contribution in [0.25, 0.3) is 10.9 Å². The number of nitrogens with one attached hydrogen (secondary N) is 1. The van der Waals surface area contributed by atoms with Crippen molar-refractivity contribution in [1.29, 1.82) is 0 Å². The van der Waals surface area contributed by atoms with E-state index < -0.39 is 0 Å². The number of nitrogens with zero attached hydrogens (tertiary/aromatic N) is 1. The maximum absolute atomic E-state index is 4.02. The van der Waals surface area contributed by atoms with Gasteiger partial charge in [-0.15, -0.1) is 6.58 Å². The molecule has 114 valence electrons. The summed E-state index contributed by atoms with van der Waals surface area (Å²) in [5.41, 5.74) is 6.75. The van der Waals surface area contributed by atoms with Gasteiger partial charge in [0.1, 0.15) is 0 Å². The van der Waals surface area contributed by atoms with Crippen LogP contribution in [0, 0.1) is 13.8 Å². The number of fused-ring (bicyclic) bond motifs is 1. The predicted octanol–water partition coefficient (Wildman–Crippen LogP) is 4.72. The maximum atomic E-state index is 4.02. The highest BCUT2D eigenvalue weighted by molar-refractivity contribution is 5.86. The Morgan fingerprint density at radius 3 is 2.71 bits per heavy atom. The fourth-order valence-electron chi connectivity index (χ4n) is 2.81. The zero-order valence-electron chi connectivity index (χ0n) is 13.9. The van der Waals surface area contributed by atoms with Crippen molar-refractivity contribution in [2.45, 2.75) is 53.6 Å². The first-order chi connectivity index (χ1) is 10.0. The lowest BCUT2D eigenvalue weighted by Crippen LogP contribution is -2.13. The van der Waals surface area contributed by atoms with Gasteiger partial charge in [-0.1, -0.05) is 18.6 Å². The fraction of sp³-hybridized carbons (Fsp3) is 0.474. The van der Waals surface area contributed by atoms with Crippen LogP contribution in [0.1, 0.15) is 43.5 Å². The van der Waals surface area contributed by atoms with E-state index in [1.165, 1.54) is 39.7 Å². The van der Waals surface area contributed by atoms with Gasteiger partial charge in [0.15, 0.2) is 0 Å². The molecular weight excluding hydrogens is 256 g/mol. The summed E-state index contributed by atoms with van der Waals surface area (Å²) in [7, 11) is 0. The van der Waals surface area contributed by atoms with Crippen molar-refractivity contribution >= 4 is 10.9 Å². The average Bonchev–Trinajstić information content (AvgIpc) is 2.69. The predicted molar refractivity (Wildman–Crippen MR) is 92.8 cm³/mol. The monoisotopic (exact) mass is 284 g/mol. The van der Waals surface area contributed by atoms with Gasteiger partial charge in [-0.25, -0.2) is 0 Å². The molecule has 0 spiro atoms. The molecule has 1 aromatic heterocycles. The van der Waals surface area contributed by atoms with Crippen molar-refractivity contribution in [1.82, 2.24) is 9.88 Å². The molecule has 0 fully saturated rings. The molecule has 0 aliphatic rings. The minimum absolute atomic E-state index is 0.958. The van der Waals surface area contributed by atoms with Crippen LogP contribution < -0.4 is 5.32 Å². The van der Waals surface area contributed by atoms with Crippen molar-refractivity contribution in [3.8, 4) is 0 Å². The van der Waals surface area contributed by atoms with Crippen LogP contribution in [0.5, 0.6) is 0 Å². The lowest BCUT2D eigenvalue weighted by Gasteiger charge is -2.09. The Morgan fingerprint density at radius 1 is 1.29 bits per heavy atom. The highest BCUT2D eigenvalue weighted by Gasteiger charge is 2.11. The molecular formula is C19H28N2. The van der Waals surface area contributed by atoms with Gasteiger partial charge in [0.2, 0.25) is 0 Å². The Morgan fingerprint density at radius 2 is 2.05 bits per heavy atom. The van der Waals surface area contributed by atoms with Gasteiger partial charge in [-0.2, -0.15) is 0 Å². The Balaban J connectivity index is 2.31. The van der Waals surface area contributed by atoms with Crippen LogP contribution >= 0.6 is 0 Å². The Hall–Kier alpha value is -1.54. The molecule has 2 nitrogen and oxygen atoms in total. The second kappa shape index (κ2) is 6.95. The second-order valence-electron chi connectivity index (χ2n) is 6.10. The van der Waals surface area contributed by atoms with Crippen LogP contribution in [0.2, 0.25) is 0 Å². The minimum atomic E-state index is 0.958. The molecule has 0 radical (unpaired) electrons. The first-order valence-electron chi connectivity index (χ1n) is 7.98. The molecule has 1 heterocycles. The lowest BCUT2D eigenvalue weighted by molar-refractivity contribution is 0.675. The highest BCUT2D eigenvalue weighted by Crippen LogP contribution is 2.27.